The first-order valence-corrected chi connectivity index (χ1v) is 12.3. The lowest BCUT2D eigenvalue weighted by Crippen LogP contribution is -2.49. The maximum Gasteiger partial charge on any atom is 0.409 e. The normalized spacial score (nSPS) is 14.3. The average Bonchev–Trinajstić information content (AvgIpc) is 2.79. The molecule has 178 valence electrons. The lowest BCUT2D eigenvalue weighted by Gasteiger charge is -2.36. The molecule has 2 aromatic rings. The second kappa shape index (κ2) is 10.1. The predicted octanol–water partition coefficient (Wildman–Crippen LogP) is 3.59. The topological polar surface area (TPSA) is 116 Å². The van der Waals surface area contributed by atoms with Gasteiger partial charge in [0, 0.05) is 26.2 Å². The molecule has 0 saturated carbocycles. The second-order valence-corrected chi connectivity index (χ2v) is 9.72. The zero-order chi connectivity index (χ0) is 24.2. The van der Waals surface area contributed by atoms with Crippen LogP contribution in [0.5, 0.6) is 0 Å². The lowest BCUT2D eigenvalue weighted by atomic mass is 10.0. The van der Waals surface area contributed by atoms with Crippen LogP contribution < -0.4 is 9.62 Å². The number of piperazine rings is 1. The van der Waals surface area contributed by atoms with E-state index >= 15 is 0 Å². The molecule has 9 nitrogen and oxygen atoms in total. The van der Waals surface area contributed by atoms with Crippen molar-refractivity contribution >= 4 is 33.5 Å². The van der Waals surface area contributed by atoms with Crippen molar-refractivity contribution in [3.8, 4) is 0 Å². The van der Waals surface area contributed by atoms with Gasteiger partial charge in [-0.15, -0.1) is 0 Å². The van der Waals surface area contributed by atoms with Crippen molar-refractivity contribution in [2.24, 2.45) is 0 Å². The Morgan fingerprint density at radius 3 is 2.24 bits per heavy atom. The van der Waals surface area contributed by atoms with Crippen LogP contribution in [0, 0.1) is 0 Å². The highest BCUT2D eigenvalue weighted by atomic mass is 32.2. The molecule has 3 rings (SSSR count). The van der Waals surface area contributed by atoms with Crippen molar-refractivity contribution in [2.75, 3.05) is 42.4 Å². The molecule has 0 bridgehead atoms. The Balaban J connectivity index is 1.87. The summed E-state index contributed by atoms with van der Waals surface area (Å²) in [5.74, 6) is -0.891. The molecule has 0 spiro atoms. The van der Waals surface area contributed by atoms with Crippen LogP contribution in [-0.4, -0.2) is 63.3 Å². The first-order chi connectivity index (χ1) is 15.6. The molecule has 10 heteroatoms. The summed E-state index contributed by atoms with van der Waals surface area (Å²) in [6.45, 7) is 7.78. The molecular weight excluding hydrogens is 446 g/mol. The number of amides is 1. The Morgan fingerprint density at radius 2 is 1.70 bits per heavy atom. The summed E-state index contributed by atoms with van der Waals surface area (Å²) in [7, 11) is -3.95. The van der Waals surface area contributed by atoms with Crippen molar-refractivity contribution < 1.29 is 27.9 Å². The van der Waals surface area contributed by atoms with E-state index in [-0.39, 0.29) is 28.2 Å². The van der Waals surface area contributed by atoms with Gasteiger partial charge in [0.15, 0.2) is 0 Å². The first-order valence-electron chi connectivity index (χ1n) is 10.8. The van der Waals surface area contributed by atoms with Crippen molar-refractivity contribution in [3.05, 3.63) is 53.6 Å². The van der Waals surface area contributed by atoms with Crippen molar-refractivity contribution in [3.63, 3.8) is 0 Å². The number of carbonyl (C=O) groups is 2. The fourth-order valence-corrected chi connectivity index (χ4v) is 4.67. The number of nitrogens with one attached hydrogen (secondary N) is 1. The van der Waals surface area contributed by atoms with Crippen molar-refractivity contribution in [1.29, 1.82) is 0 Å². The van der Waals surface area contributed by atoms with E-state index in [2.05, 4.69) is 4.72 Å². The number of nitrogens with zero attached hydrogens (tertiary/aromatic N) is 2. The zero-order valence-corrected chi connectivity index (χ0v) is 19.8. The van der Waals surface area contributed by atoms with Gasteiger partial charge in [-0.25, -0.2) is 18.0 Å². The average molecular weight is 476 g/mol. The van der Waals surface area contributed by atoms with E-state index in [9.17, 15) is 23.1 Å². The Kier molecular flexibility index (Phi) is 7.47. The number of sulfonamides is 1. The van der Waals surface area contributed by atoms with Gasteiger partial charge in [-0.2, -0.15) is 0 Å². The standard InChI is InChI=1S/C23H29N3O6S/c1-4-32-23(29)26-13-11-25(12-14-26)21-10-7-18(22(27)28)15-20(21)24-33(30,31)19-8-5-17(6-9-19)16(2)3/h5-10,15-16,24H,4,11-14H2,1-3H3,(H,27,28). The van der Waals surface area contributed by atoms with Crippen LogP contribution >= 0.6 is 0 Å². The molecular formula is C23H29N3O6S. The van der Waals surface area contributed by atoms with Crippen LogP contribution in [0.1, 0.15) is 42.6 Å². The van der Waals surface area contributed by atoms with Crippen LogP contribution in [0.15, 0.2) is 47.4 Å². The molecule has 1 fully saturated rings. The summed E-state index contributed by atoms with van der Waals surface area (Å²) in [5.41, 5.74) is 1.71. The second-order valence-electron chi connectivity index (χ2n) is 8.04. The van der Waals surface area contributed by atoms with Gasteiger partial charge in [-0.1, -0.05) is 26.0 Å². The number of carboxylic acid groups (broad SMARTS) is 1. The minimum Gasteiger partial charge on any atom is -0.478 e. The minimum atomic E-state index is -3.95. The van der Waals surface area contributed by atoms with E-state index in [1.165, 1.54) is 24.3 Å². The molecule has 0 atom stereocenters. The van der Waals surface area contributed by atoms with Gasteiger partial charge in [-0.05, 0) is 48.7 Å². The summed E-state index contributed by atoms with van der Waals surface area (Å²) in [4.78, 5) is 27.1. The van der Waals surface area contributed by atoms with Gasteiger partial charge in [0.25, 0.3) is 10.0 Å². The van der Waals surface area contributed by atoms with Crippen molar-refractivity contribution in [1.82, 2.24) is 4.90 Å². The third kappa shape index (κ3) is 5.75. The maximum atomic E-state index is 13.1. The molecule has 1 aliphatic heterocycles. The number of rotatable bonds is 7. The van der Waals surface area contributed by atoms with E-state index in [1.54, 1.807) is 30.0 Å². The van der Waals surface area contributed by atoms with Gasteiger partial charge < -0.3 is 19.6 Å². The summed E-state index contributed by atoms with van der Waals surface area (Å²) in [6.07, 6.45) is -0.385. The van der Waals surface area contributed by atoms with Crippen LogP contribution in [0.3, 0.4) is 0 Å². The lowest BCUT2D eigenvalue weighted by molar-refractivity contribution is 0.0696. The van der Waals surface area contributed by atoms with Gasteiger partial charge in [0.2, 0.25) is 0 Å². The third-order valence-electron chi connectivity index (χ3n) is 5.49. The molecule has 0 radical (unpaired) electrons. The molecule has 0 unspecified atom stereocenters. The molecule has 1 aliphatic rings. The van der Waals surface area contributed by atoms with Gasteiger partial charge in [-0.3, -0.25) is 4.72 Å². The molecule has 1 saturated heterocycles. The summed E-state index contributed by atoms with van der Waals surface area (Å²) < 4.78 is 33.7. The number of ether oxygens (including phenoxy) is 1. The van der Waals surface area contributed by atoms with Crippen LogP contribution in [0.2, 0.25) is 0 Å². The SMILES string of the molecule is CCOC(=O)N1CCN(c2ccc(C(=O)O)cc2NS(=O)(=O)c2ccc(C(C)C)cc2)CC1. The first kappa shape index (κ1) is 24.4. The van der Waals surface area contributed by atoms with Crippen LogP contribution in [-0.2, 0) is 14.8 Å². The highest BCUT2D eigenvalue weighted by Gasteiger charge is 2.25. The van der Waals surface area contributed by atoms with Gasteiger partial charge in [0.1, 0.15) is 0 Å². The molecule has 0 aliphatic carbocycles. The predicted molar refractivity (Wildman–Crippen MR) is 126 cm³/mol. The van der Waals surface area contributed by atoms with Crippen molar-refractivity contribution in [2.45, 2.75) is 31.6 Å². The Morgan fingerprint density at radius 1 is 1.06 bits per heavy atom. The minimum absolute atomic E-state index is 0.0308. The number of hydrogen-bond donors (Lipinski definition) is 2. The maximum absolute atomic E-state index is 13.1. The number of carboxylic acids is 1. The summed E-state index contributed by atoms with van der Waals surface area (Å²) in [5, 5.41) is 9.41. The van der Waals surface area contributed by atoms with Crippen LogP contribution in [0.25, 0.3) is 0 Å². The highest BCUT2D eigenvalue weighted by Crippen LogP contribution is 2.31. The fourth-order valence-electron chi connectivity index (χ4n) is 3.61. The fraction of sp³-hybridized carbons (Fsp3) is 0.391. The van der Waals surface area contributed by atoms with E-state index in [0.29, 0.717) is 38.5 Å². The number of aromatic carboxylic acids is 1. The molecule has 2 aromatic carbocycles. The monoisotopic (exact) mass is 475 g/mol. The highest BCUT2D eigenvalue weighted by molar-refractivity contribution is 7.92. The zero-order valence-electron chi connectivity index (χ0n) is 18.9. The molecule has 33 heavy (non-hydrogen) atoms. The Bertz CT molecular complexity index is 1110. The van der Waals surface area contributed by atoms with E-state index < -0.39 is 16.0 Å². The smallest absolute Gasteiger partial charge is 0.409 e. The number of benzene rings is 2. The van der Waals surface area contributed by atoms with E-state index in [1.807, 2.05) is 18.7 Å². The summed E-state index contributed by atoms with van der Waals surface area (Å²) >= 11 is 0. The van der Waals surface area contributed by atoms with E-state index in [0.717, 1.165) is 5.56 Å². The quantitative estimate of drug-likeness (QED) is 0.629. The Hall–Kier alpha value is -3.27. The summed E-state index contributed by atoms with van der Waals surface area (Å²) in [6, 6.07) is 10.9. The number of hydrogen-bond acceptors (Lipinski definition) is 6. The molecule has 1 amide bonds. The number of anilines is 2. The molecule has 2 N–H and O–H groups in total. The third-order valence-corrected chi connectivity index (χ3v) is 6.87. The molecule has 0 aromatic heterocycles. The largest absolute Gasteiger partial charge is 0.478 e. The van der Waals surface area contributed by atoms with E-state index in [4.69, 9.17) is 4.74 Å². The Labute approximate surface area is 194 Å². The van der Waals surface area contributed by atoms with Crippen LogP contribution in [0.4, 0.5) is 16.2 Å². The van der Waals surface area contributed by atoms with Gasteiger partial charge in [0.05, 0.1) is 28.4 Å². The molecule has 1 heterocycles. The number of carbonyl (C=O) groups excluding carboxylic acids is 1. The van der Waals surface area contributed by atoms with Gasteiger partial charge >= 0.3 is 12.1 Å².